The smallest absolute Gasteiger partial charge is 0.255 e. The number of para-hydroxylation sites is 1. The van der Waals surface area contributed by atoms with Gasteiger partial charge < -0.3 is 21.1 Å². The van der Waals surface area contributed by atoms with Gasteiger partial charge in [0.05, 0.1) is 17.8 Å². The molecule has 0 aliphatic carbocycles. The Labute approximate surface area is 137 Å². The number of nitrogens with zero attached hydrogens (tertiary/aromatic N) is 1. The van der Waals surface area contributed by atoms with E-state index in [-0.39, 0.29) is 18.2 Å². The summed E-state index contributed by atoms with van der Waals surface area (Å²) in [6.45, 7) is -0.117. The Morgan fingerprint density at radius 3 is 2.78 bits per heavy atom. The topological polar surface area (TPSA) is 95.7 Å². The number of hydrogen-bond donors (Lipinski definition) is 3. The highest BCUT2D eigenvalue weighted by Crippen LogP contribution is 2.36. The molecule has 4 N–H and O–H groups in total. The van der Waals surface area contributed by atoms with E-state index < -0.39 is 12.1 Å². The zero-order valence-corrected chi connectivity index (χ0v) is 12.7. The monoisotopic (exact) mass is 331 g/mol. The molecule has 0 saturated heterocycles. The Hall–Kier alpha value is -2.73. The summed E-state index contributed by atoms with van der Waals surface area (Å²) in [5, 5.41) is 13.3. The minimum atomic E-state index is -0.747. The molecule has 23 heavy (non-hydrogen) atoms. The van der Waals surface area contributed by atoms with E-state index in [2.05, 4.69) is 5.32 Å². The maximum absolute atomic E-state index is 12.3. The van der Waals surface area contributed by atoms with Crippen LogP contribution in [0.2, 0.25) is 5.02 Å². The quantitative estimate of drug-likeness (QED) is 0.798. The number of phenolic OH excluding ortho intramolecular Hbond substituents is 1. The molecule has 0 spiro atoms. The van der Waals surface area contributed by atoms with Gasteiger partial charge in [-0.1, -0.05) is 23.7 Å². The molecular weight excluding hydrogens is 318 g/mol. The zero-order chi connectivity index (χ0) is 16.6. The fraction of sp³-hybridized carbons (Fsp3) is 0.125. The van der Waals surface area contributed by atoms with Gasteiger partial charge in [-0.3, -0.25) is 9.59 Å². The fourth-order valence-corrected chi connectivity index (χ4v) is 2.85. The van der Waals surface area contributed by atoms with Gasteiger partial charge >= 0.3 is 0 Å². The van der Waals surface area contributed by atoms with Crippen LogP contribution < -0.4 is 16.0 Å². The van der Waals surface area contributed by atoms with Crippen LogP contribution in [0, 0.1) is 0 Å². The number of phenols is 1. The molecule has 1 atom stereocenters. The van der Waals surface area contributed by atoms with Gasteiger partial charge in [0.2, 0.25) is 5.91 Å². The summed E-state index contributed by atoms with van der Waals surface area (Å²) < 4.78 is 0. The number of nitrogens with one attached hydrogen (secondary N) is 1. The van der Waals surface area contributed by atoms with Crippen LogP contribution in [0.3, 0.4) is 0 Å². The molecule has 1 aliphatic rings. The minimum Gasteiger partial charge on any atom is -0.508 e. The van der Waals surface area contributed by atoms with Crippen molar-refractivity contribution in [3.63, 3.8) is 0 Å². The highest BCUT2D eigenvalue weighted by Gasteiger charge is 2.33. The second-order valence-corrected chi connectivity index (χ2v) is 5.63. The van der Waals surface area contributed by atoms with Crippen molar-refractivity contribution in [2.45, 2.75) is 6.17 Å². The van der Waals surface area contributed by atoms with Crippen molar-refractivity contribution >= 4 is 29.1 Å². The number of carbonyl (C=O) groups is 2. The summed E-state index contributed by atoms with van der Waals surface area (Å²) in [6, 6.07) is 11.4. The maximum atomic E-state index is 12.3. The van der Waals surface area contributed by atoms with E-state index in [9.17, 15) is 14.7 Å². The molecular formula is C16H14ClN3O3. The van der Waals surface area contributed by atoms with Gasteiger partial charge in [0.1, 0.15) is 11.9 Å². The van der Waals surface area contributed by atoms with Crippen molar-refractivity contribution in [2.24, 2.45) is 5.73 Å². The Bertz CT molecular complexity index is 794. The number of nitrogens with two attached hydrogens (primary N) is 1. The number of anilines is 1. The van der Waals surface area contributed by atoms with Crippen LogP contribution in [-0.2, 0) is 4.79 Å². The molecule has 0 radical (unpaired) electrons. The number of hydrogen-bond acceptors (Lipinski definition) is 4. The van der Waals surface area contributed by atoms with E-state index in [1.807, 2.05) is 0 Å². The van der Waals surface area contributed by atoms with Crippen molar-refractivity contribution in [3.8, 4) is 5.75 Å². The first-order valence-corrected chi connectivity index (χ1v) is 7.28. The molecule has 1 aliphatic heterocycles. The number of benzene rings is 2. The Morgan fingerprint density at radius 2 is 2.04 bits per heavy atom. The maximum Gasteiger partial charge on any atom is 0.255 e. The molecule has 6 nitrogen and oxygen atoms in total. The molecule has 0 bridgehead atoms. The van der Waals surface area contributed by atoms with Gasteiger partial charge in [-0.25, -0.2) is 0 Å². The largest absolute Gasteiger partial charge is 0.508 e. The lowest BCUT2D eigenvalue weighted by molar-refractivity contribution is -0.116. The Kier molecular flexibility index (Phi) is 3.83. The van der Waals surface area contributed by atoms with Crippen LogP contribution in [0.5, 0.6) is 5.75 Å². The molecule has 0 fully saturated rings. The summed E-state index contributed by atoms with van der Waals surface area (Å²) >= 11 is 5.99. The summed E-state index contributed by atoms with van der Waals surface area (Å²) in [5.74, 6) is -0.887. The van der Waals surface area contributed by atoms with E-state index in [0.717, 1.165) is 0 Å². The average molecular weight is 332 g/mol. The predicted octanol–water partition coefficient (Wildman–Crippen LogP) is 1.78. The van der Waals surface area contributed by atoms with Crippen LogP contribution >= 0.6 is 11.6 Å². The van der Waals surface area contributed by atoms with Gasteiger partial charge in [-0.05, 0) is 30.3 Å². The molecule has 0 aromatic heterocycles. The predicted molar refractivity (Wildman–Crippen MR) is 86.3 cm³/mol. The van der Waals surface area contributed by atoms with Gasteiger partial charge in [-0.15, -0.1) is 0 Å². The second kappa shape index (κ2) is 5.81. The van der Waals surface area contributed by atoms with Crippen molar-refractivity contribution < 1.29 is 14.7 Å². The van der Waals surface area contributed by atoms with Crippen molar-refractivity contribution in [1.29, 1.82) is 0 Å². The van der Waals surface area contributed by atoms with E-state index in [0.29, 0.717) is 21.8 Å². The number of rotatable bonds is 3. The summed E-state index contributed by atoms with van der Waals surface area (Å²) in [6.07, 6.45) is -0.747. The normalized spacial score (nSPS) is 16.7. The lowest BCUT2D eigenvalue weighted by Crippen LogP contribution is -2.49. The van der Waals surface area contributed by atoms with Crippen LogP contribution in [-0.4, -0.2) is 23.5 Å². The average Bonchev–Trinajstić information content (AvgIpc) is 2.52. The van der Waals surface area contributed by atoms with Crippen LogP contribution in [0.25, 0.3) is 0 Å². The van der Waals surface area contributed by atoms with E-state index in [1.54, 1.807) is 35.2 Å². The van der Waals surface area contributed by atoms with Gasteiger partial charge in [-0.2, -0.15) is 0 Å². The lowest BCUT2D eigenvalue weighted by atomic mass is 10.0. The molecule has 1 unspecified atom stereocenters. The fourth-order valence-electron chi connectivity index (χ4n) is 2.67. The molecule has 3 rings (SSSR count). The Balaban J connectivity index is 2.14. The standard InChI is InChI=1S/C16H14ClN3O3/c17-9-5-6-13(21)11(7-9)15-19-16(23)10-3-1-2-4-12(10)20(15)8-14(18)22/h1-7,15,21H,8H2,(H2,18,22)(H,19,23). The molecule has 7 heteroatoms. The Morgan fingerprint density at radius 1 is 1.30 bits per heavy atom. The molecule has 1 heterocycles. The third-order valence-corrected chi connectivity index (χ3v) is 3.88. The van der Waals surface area contributed by atoms with Crippen molar-refractivity contribution in [3.05, 3.63) is 58.6 Å². The van der Waals surface area contributed by atoms with Crippen molar-refractivity contribution in [1.82, 2.24) is 5.32 Å². The van der Waals surface area contributed by atoms with Crippen LogP contribution in [0.15, 0.2) is 42.5 Å². The van der Waals surface area contributed by atoms with Crippen LogP contribution in [0.4, 0.5) is 5.69 Å². The number of fused-ring (bicyclic) bond motifs is 1. The molecule has 0 saturated carbocycles. The van der Waals surface area contributed by atoms with E-state index >= 15 is 0 Å². The third kappa shape index (κ3) is 2.80. The first-order valence-electron chi connectivity index (χ1n) is 6.90. The van der Waals surface area contributed by atoms with E-state index in [4.69, 9.17) is 17.3 Å². The zero-order valence-electron chi connectivity index (χ0n) is 12.0. The van der Waals surface area contributed by atoms with Gasteiger partial charge in [0.25, 0.3) is 5.91 Å². The first-order chi connectivity index (χ1) is 11.0. The summed E-state index contributed by atoms with van der Waals surface area (Å²) in [5.41, 5.74) is 6.74. The number of halogens is 1. The highest BCUT2D eigenvalue weighted by molar-refractivity contribution is 6.30. The summed E-state index contributed by atoms with van der Waals surface area (Å²) in [4.78, 5) is 25.4. The van der Waals surface area contributed by atoms with E-state index in [1.165, 1.54) is 12.1 Å². The third-order valence-electron chi connectivity index (χ3n) is 3.65. The molecule has 2 amide bonds. The minimum absolute atomic E-state index is 0.0337. The second-order valence-electron chi connectivity index (χ2n) is 5.19. The van der Waals surface area contributed by atoms with Crippen molar-refractivity contribution in [2.75, 3.05) is 11.4 Å². The lowest BCUT2D eigenvalue weighted by Gasteiger charge is -2.38. The van der Waals surface area contributed by atoms with Gasteiger partial charge in [0.15, 0.2) is 0 Å². The number of primary amides is 1. The highest BCUT2D eigenvalue weighted by atomic mass is 35.5. The molecule has 118 valence electrons. The number of carbonyl (C=O) groups excluding carboxylic acids is 2. The molecule has 2 aromatic rings. The molecule has 2 aromatic carbocycles. The van der Waals surface area contributed by atoms with Crippen LogP contribution in [0.1, 0.15) is 22.1 Å². The van der Waals surface area contributed by atoms with Gasteiger partial charge in [0, 0.05) is 10.6 Å². The SMILES string of the molecule is NC(=O)CN1c2ccccc2C(=O)NC1c1cc(Cl)ccc1O. The summed E-state index contributed by atoms with van der Waals surface area (Å²) in [7, 11) is 0. The number of aromatic hydroxyl groups is 1. The number of amides is 2. The first kappa shape index (κ1) is 15.2.